The van der Waals surface area contributed by atoms with Gasteiger partial charge in [0.15, 0.2) is 31.5 Å². The zero-order chi connectivity index (χ0) is 59.3. The molecule has 22 heteroatoms. The molecule has 3 saturated carbocycles. The topological polar surface area (TPSA) is 274 Å². The maximum absolute atomic E-state index is 13.4. The second-order valence-corrected chi connectivity index (χ2v) is 25.3. The highest BCUT2D eigenvalue weighted by Gasteiger charge is 2.71. The molecule has 82 heavy (non-hydrogen) atoms. The van der Waals surface area contributed by atoms with Crippen LogP contribution in [0.4, 0.5) is 0 Å². The van der Waals surface area contributed by atoms with Crippen LogP contribution >= 0.6 is 0 Å². The Morgan fingerprint density at radius 2 is 1.11 bits per heavy atom. The van der Waals surface area contributed by atoms with Gasteiger partial charge in [-0.25, -0.2) is 4.79 Å². The summed E-state index contributed by atoms with van der Waals surface area (Å²) < 4.78 is 94.6. The minimum absolute atomic E-state index is 0.0308. The Morgan fingerprint density at radius 1 is 0.634 bits per heavy atom. The number of esters is 1. The number of fused-ring (bicyclic) bond motifs is 5. The van der Waals surface area contributed by atoms with Gasteiger partial charge >= 0.3 is 5.97 Å². The molecule has 0 aromatic carbocycles. The summed E-state index contributed by atoms with van der Waals surface area (Å²) in [5.74, 6) is -0.795. The van der Waals surface area contributed by atoms with Crippen LogP contribution in [-0.2, 0) is 80.6 Å². The Bertz CT molecular complexity index is 2230. The lowest BCUT2D eigenvalue weighted by molar-refractivity contribution is -0.358. The Hall–Kier alpha value is -2.14. The van der Waals surface area contributed by atoms with Crippen molar-refractivity contribution in [1.29, 1.82) is 0 Å². The van der Waals surface area contributed by atoms with E-state index in [-0.39, 0.29) is 41.7 Å². The van der Waals surface area contributed by atoms with Crippen molar-refractivity contribution in [1.82, 2.24) is 0 Å². The Balaban J connectivity index is 0.764. The summed E-state index contributed by atoms with van der Waals surface area (Å²) >= 11 is 0. The summed E-state index contributed by atoms with van der Waals surface area (Å²) in [4.78, 5) is 26.6. The first-order valence-electron chi connectivity index (χ1n) is 30.0. The van der Waals surface area contributed by atoms with Crippen LogP contribution in [-0.4, -0.2) is 219 Å². The van der Waals surface area contributed by atoms with Gasteiger partial charge in [0.1, 0.15) is 60.7 Å². The van der Waals surface area contributed by atoms with Crippen LogP contribution in [0.5, 0.6) is 0 Å². The molecule has 5 saturated heterocycles. The van der Waals surface area contributed by atoms with Gasteiger partial charge in [-0.05, 0) is 111 Å². The SMILES string of the molecule is CC=C(C)C(=O)OC1CC2C(CC=C3CC(OC4CC(OC)C(OC5CC(OC)C(OC6CC(OC)C(OC7CC(OC)C(OC8OC(CO)C(O)C(O)C8O)C(C)O7)C(C)O6)C(C)O5)C(C)O4)CCC32C)C2(O)CCC(C(C)=O)C12C. The van der Waals surface area contributed by atoms with Gasteiger partial charge in [0.25, 0.3) is 0 Å². The van der Waals surface area contributed by atoms with Gasteiger partial charge in [0, 0.05) is 71.0 Å². The zero-order valence-electron chi connectivity index (χ0n) is 50.3. The van der Waals surface area contributed by atoms with Crippen molar-refractivity contribution in [3.05, 3.63) is 23.3 Å². The molecule has 0 spiro atoms. The lowest BCUT2D eigenvalue weighted by Gasteiger charge is -2.63. The minimum Gasteiger partial charge on any atom is -0.458 e. The van der Waals surface area contributed by atoms with Crippen molar-refractivity contribution in [2.75, 3.05) is 35.0 Å². The predicted molar refractivity (Wildman–Crippen MR) is 289 cm³/mol. The number of aliphatic hydroxyl groups excluding tert-OH is 4. The number of rotatable bonds is 18. The van der Waals surface area contributed by atoms with Crippen molar-refractivity contribution in [3.63, 3.8) is 0 Å². The minimum atomic E-state index is -1.60. The van der Waals surface area contributed by atoms with E-state index in [1.54, 1.807) is 48.2 Å². The molecule has 9 aliphatic rings. The van der Waals surface area contributed by atoms with E-state index in [4.69, 9.17) is 71.1 Å². The monoisotopic (exact) mass is 1170 g/mol. The third kappa shape index (κ3) is 12.2. The third-order valence-electron chi connectivity index (χ3n) is 20.9. The van der Waals surface area contributed by atoms with E-state index in [0.29, 0.717) is 56.9 Å². The van der Waals surface area contributed by atoms with Crippen molar-refractivity contribution in [2.24, 2.45) is 28.6 Å². The van der Waals surface area contributed by atoms with E-state index in [0.717, 1.165) is 12.8 Å². The summed E-state index contributed by atoms with van der Waals surface area (Å²) in [5, 5.41) is 53.8. The van der Waals surface area contributed by atoms with Crippen molar-refractivity contribution in [3.8, 4) is 0 Å². The molecule has 0 aromatic heterocycles. The quantitative estimate of drug-likeness (QED) is 0.0735. The highest BCUT2D eigenvalue weighted by molar-refractivity contribution is 5.88. The first-order valence-corrected chi connectivity index (χ1v) is 30.0. The molecule has 4 aliphatic carbocycles. The normalized spacial score (nSPS) is 49.9. The largest absolute Gasteiger partial charge is 0.458 e. The number of methoxy groups -OCH3 is 4. The number of allylic oxidation sites excluding steroid dienone is 2. The molecule has 5 aliphatic heterocycles. The second kappa shape index (κ2) is 26.3. The van der Waals surface area contributed by atoms with E-state index in [9.17, 15) is 35.1 Å². The maximum atomic E-state index is 13.4. The highest BCUT2D eigenvalue weighted by Crippen LogP contribution is 2.69. The molecule has 5 heterocycles. The molecular formula is C60H96O22. The van der Waals surface area contributed by atoms with Crippen molar-refractivity contribution >= 4 is 11.8 Å². The smallest absolute Gasteiger partial charge is 0.333 e. The van der Waals surface area contributed by atoms with Gasteiger partial charge in [-0.15, -0.1) is 0 Å². The number of carbonyl (C=O) groups is 2. The van der Waals surface area contributed by atoms with E-state index < -0.39 is 159 Å². The van der Waals surface area contributed by atoms with Crippen molar-refractivity contribution in [2.45, 2.75) is 280 Å². The van der Waals surface area contributed by atoms with Crippen LogP contribution < -0.4 is 0 Å². The van der Waals surface area contributed by atoms with Crippen LogP contribution in [0.3, 0.4) is 0 Å². The first-order chi connectivity index (χ1) is 39.0. The summed E-state index contributed by atoms with van der Waals surface area (Å²) in [6.07, 6.45) is -6.79. The van der Waals surface area contributed by atoms with Gasteiger partial charge in [0.05, 0.1) is 67.1 Å². The highest BCUT2D eigenvalue weighted by atomic mass is 16.8. The first kappa shape index (κ1) is 64.3. The van der Waals surface area contributed by atoms with Crippen LogP contribution in [0.1, 0.15) is 133 Å². The summed E-state index contributed by atoms with van der Waals surface area (Å²) in [7, 11) is 6.43. The number of ketones is 1. The Morgan fingerprint density at radius 3 is 1.56 bits per heavy atom. The number of hydrogen-bond acceptors (Lipinski definition) is 22. The van der Waals surface area contributed by atoms with Crippen molar-refractivity contribution < 1.29 is 106 Å². The molecule has 5 N–H and O–H groups in total. The molecule has 9 rings (SSSR count). The average molecular weight is 1170 g/mol. The predicted octanol–water partition coefficient (Wildman–Crippen LogP) is 4.08. The lowest BCUT2D eigenvalue weighted by Crippen LogP contribution is -2.66. The molecule has 0 amide bonds. The third-order valence-corrected chi connectivity index (χ3v) is 20.9. The molecular weight excluding hydrogens is 1070 g/mol. The van der Waals surface area contributed by atoms with Gasteiger partial charge < -0.3 is 96.6 Å². The standard InChI is InChI=1S/C60H96O22/c1-14-28(2)56(66)78-44-22-38-37(60(67)20-18-36(29(3)62)59(44,60)9)16-15-34-21-35(17-19-58(34,38)8)76-45-23-39(68-10)52(30(4)72-45)79-46-24-40(69-11)53(31(5)73-46)80-47-25-41(70-12)54(32(6)74-47)81-48-26-42(71-13)55(33(7)75-48)82-57-51(65)50(64)49(63)43(27-61)77-57/h14-15,30-33,35-55,57,61,63-65,67H,16-27H2,1-13H3. The number of aliphatic hydroxyl groups is 5. The molecule has 0 aromatic rings. The number of ether oxygens (including phenoxy) is 15. The second-order valence-electron chi connectivity index (χ2n) is 25.3. The molecule has 0 bridgehead atoms. The molecule has 0 radical (unpaired) electrons. The van der Waals surface area contributed by atoms with E-state index in [1.165, 1.54) is 12.7 Å². The van der Waals surface area contributed by atoms with Gasteiger partial charge in [-0.1, -0.05) is 31.6 Å². The Kier molecular flexibility index (Phi) is 20.6. The summed E-state index contributed by atoms with van der Waals surface area (Å²) in [5.41, 5.74) is -0.516. The fraction of sp³-hybridized carbons (Fsp3) is 0.900. The van der Waals surface area contributed by atoms with Crippen LogP contribution in [0.25, 0.3) is 0 Å². The zero-order valence-corrected chi connectivity index (χ0v) is 50.3. The van der Waals surface area contributed by atoms with E-state index in [2.05, 4.69) is 13.0 Å². The maximum Gasteiger partial charge on any atom is 0.333 e. The fourth-order valence-electron chi connectivity index (χ4n) is 16.0. The van der Waals surface area contributed by atoms with E-state index >= 15 is 0 Å². The van der Waals surface area contributed by atoms with Crippen LogP contribution in [0, 0.1) is 28.6 Å². The molecule has 8 fully saturated rings. The van der Waals surface area contributed by atoms with Gasteiger partial charge in [0.2, 0.25) is 0 Å². The molecule has 29 atom stereocenters. The van der Waals surface area contributed by atoms with Gasteiger partial charge in [-0.3, -0.25) is 4.79 Å². The number of Topliss-reactive ketones (excluding diaryl/α,β-unsaturated/α-hetero) is 1. The van der Waals surface area contributed by atoms with Gasteiger partial charge in [-0.2, -0.15) is 0 Å². The summed E-state index contributed by atoms with van der Waals surface area (Å²) in [6, 6.07) is 0. The molecule has 22 nitrogen and oxygen atoms in total. The fourth-order valence-corrected chi connectivity index (χ4v) is 16.0. The number of carbonyl (C=O) groups excluding carboxylic acids is 2. The number of hydrogen-bond donors (Lipinski definition) is 5. The van der Waals surface area contributed by atoms with Crippen LogP contribution in [0.15, 0.2) is 23.3 Å². The lowest BCUT2D eigenvalue weighted by atomic mass is 9.45. The summed E-state index contributed by atoms with van der Waals surface area (Å²) in [6.45, 7) is 16.4. The Labute approximate surface area is 483 Å². The molecule has 468 valence electrons. The van der Waals surface area contributed by atoms with E-state index in [1.807, 2.05) is 34.6 Å². The molecule has 29 unspecified atom stereocenters. The average Bonchev–Trinajstić information content (AvgIpc) is 1.46. The van der Waals surface area contributed by atoms with Crippen LogP contribution in [0.2, 0.25) is 0 Å².